The van der Waals surface area contributed by atoms with Gasteiger partial charge in [0.1, 0.15) is 23.0 Å². The lowest BCUT2D eigenvalue weighted by Crippen LogP contribution is -2.41. The van der Waals surface area contributed by atoms with E-state index in [1.54, 1.807) is 0 Å². The van der Waals surface area contributed by atoms with Crippen LogP contribution >= 0.6 is 34.8 Å². The third-order valence-corrected chi connectivity index (χ3v) is 4.78. The third kappa shape index (κ3) is 3.14. The zero-order valence-electron chi connectivity index (χ0n) is 13.5. The molecule has 1 heterocycles. The van der Waals surface area contributed by atoms with Crippen molar-refractivity contribution in [2.45, 2.75) is 11.8 Å². The zero-order valence-corrected chi connectivity index (χ0v) is 15.7. The average molecular weight is 458 g/mol. The predicted octanol–water partition coefficient (Wildman–Crippen LogP) is 6.20. The maximum atomic E-state index is 14.5. The van der Waals surface area contributed by atoms with Gasteiger partial charge in [0.15, 0.2) is 0 Å². The Morgan fingerprint density at radius 1 is 1.04 bits per heavy atom. The largest absolute Gasteiger partial charge is 0.426 e. The molecular formula is C17H8Cl3F5N2O. The molecule has 3 rings (SSSR count). The van der Waals surface area contributed by atoms with Gasteiger partial charge in [-0.1, -0.05) is 41.4 Å². The summed E-state index contributed by atoms with van der Waals surface area (Å²) in [6, 6.07) is 3.53. The normalized spacial score (nSPS) is 14.3. The molecule has 0 bridgehead atoms. The number of hydrogen-bond donors (Lipinski definition) is 1. The van der Waals surface area contributed by atoms with Crippen LogP contribution in [0.4, 0.5) is 22.0 Å². The first kappa shape index (κ1) is 20.9. The minimum Gasteiger partial charge on any atom is -0.371 e. The molecule has 3 nitrogen and oxygen atoms in total. The molecule has 28 heavy (non-hydrogen) atoms. The Balaban J connectivity index is 2.50. The van der Waals surface area contributed by atoms with E-state index in [1.165, 1.54) is 12.1 Å². The van der Waals surface area contributed by atoms with Crippen LogP contribution in [0.25, 0.3) is 16.6 Å². The quantitative estimate of drug-likeness (QED) is 0.376. The number of nitrogens with zero attached hydrogens (tertiary/aromatic N) is 2. The first-order valence-electron chi connectivity index (χ1n) is 7.36. The lowest BCUT2D eigenvalue weighted by atomic mass is 9.96. The highest BCUT2D eigenvalue weighted by molar-refractivity contribution is 6.40. The van der Waals surface area contributed by atoms with Gasteiger partial charge >= 0.3 is 6.18 Å². The molecule has 0 fully saturated rings. The molecule has 148 valence electrons. The molecular weight excluding hydrogens is 450 g/mol. The zero-order chi connectivity index (χ0) is 21.0. The Morgan fingerprint density at radius 3 is 2.11 bits per heavy atom. The number of hydrogen-bond acceptors (Lipinski definition) is 2. The number of alkyl halides is 3. The van der Waals surface area contributed by atoms with Gasteiger partial charge in [-0.05, 0) is 18.2 Å². The second-order valence-electron chi connectivity index (χ2n) is 5.73. The van der Waals surface area contributed by atoms with E-state index in [0.717, 1.165) is 6.07 Å². The highest BCUT2D eigenvalue weighted by atomic mass is 35.5. The Bertz CT molecular complexity index is 1090. The van der Waals surface area contributed by atoms with Crippen molar-refractivity contribution in [1.29, 1.82) is 0 Å². The fourth-order valence-electron chi connectivity index (χ4n) is 2.69. The van der Waals surface area contributed by atoms with Crippen LogP contribution in [-0.4, -0.2) is 21.1 Å². The van der Waals surface area contributed by atoms with Crippen molar-refractivity contribution in [3.8, 4) is 5.69 Å². The molecule has 0 aliphatic rings. The molecule has 3 aromatic rings. The van der Waals surface area contributed by atoms with Crippen molar-refractivity contribution in [2.75, 3.05) is 0 Å². The molecule has 1 atom stereocenters. The molecule has 0 radical (unpaired) electrons. The van der Waals surface area contributed by atoms with Gasteiger partial charge in [0.2, 0.25) is 5.60 Å². The molecule has 0 amide bonds. The number of fused-ring (bicyclic) bond motifs is 1. The Labute approximate surface area is 169 Å². The maximum absolute atomic E-state index is 14.5. The van der Waals surface area contributed by atoms with Crippen molar-refractivity contribution in [3.63, 3.8) is 0 Å². The second-order valence-corrected chi connectivity index (χ2v) is 6.98. The number of halogens is 8. The lowest BCUT2D eigenvalue weighted by molar-refractivity contribution is -0.246. The van der Waals surface area contributed by atoms with Gasteiger partial charge in [0.05, 0.1) is 20.9 Å². The summed E-state index contributed by atoms with van der Waals surface area (Å²) < 4.78 is 69.5. The summed E-state index contributed by atoms with van der Waals surface area (Å²) in [6.07, 6.45) is -5.14. The lowest BCUT2D eigenvalue weighted by Gasteiger charge is -2.25. The van der Waals surface area contributed by atoms with E-state index >= 15 is 0 Å². The summed E-state index contributed by atoms with van der Waals surface area (Å²) in [4.78, 5) is 0. The van der Waals surface area contributed by atoms with Crippen LogP contribution < -0.4 is 0 Å². The minimum atomic E-state index is -5.30. The summed E-state index contributed by atoms with van der Waals surface area (Å²) in [5.74, 6) is -2.46. The summed E-state index contributed by atoms with van der Waals surface area (Å²) >= 11 is 18.0. The fourth-order valence-corrected chi connectivity index (χ4v) is 3.66. The van der Waals surface area contributed by atoms with Gasteiger partial charge in [-0.15, -0.1) is 0 Å². The summed E-state index contributed by atoms with van der Waals surface area (Å²) in [5, 5.41) is 12.9. The molecule has 2 aromatic carbocycles. The predicted molar refractivity (Wildman–Crippen MR) is 96.2 cm³/mol. The van der Waals surface area contributed by atoms with Crippen LogP contribution in [0.5, 0.6) is 0 Å². The van der Waals surface area contributed by atoms with Crippen LogP contribution in [0.2, 0.25) is 15.1 Å². The second kappa shape index (κ2) is 6.88. The molecule has 1 unspecified atom stereocenters. The Kier molecular flexibility index (Phi) is 5.12. The van der Waals surface area contributed by atoms with Gasteiger partial charge < -0.3 is 5.11 Å². The molecule has 0 saturated heterocycles. The Morgan fingerprint density at radius 2 is 1.61 bits per heavy atom. The van der Waals surface area contributed by atoms with Crippen molar-refractivity contribution in [3.05, 3.63) is 69.3 Å². The van der Waals surface area contributed by atoms with Crippen LogP contribution in [0.3, 0.4) is 0 Å². The Hall–Kier alpha value is -1.87. The standard InChI is InChI=1S/C17H8Cl3F5N2O/c1-2-16(28,17(23,24)25)15-13-11(22)5-8(21)6-12(13)27(26-15)14-9(19)3-7(18)4-10(14)20/h2-6,28H,1H2. The van der Waals surface area contributed by atoms with Gasteiger partial charge in [-0.25, -0.2) is 13.5 Å². The molecule has 0 aliphatic carbocycles. The molecule has 11 heteroatoms. The SMILES string of the molecule is C=CC(O)(c1nn(-c2c(Cl)cc(Cl)cc2Cl)c2cc(F)cc(F)c12)C(F)(F)F. The van der Waals surface area contributed by atoms with E-state index < -0.39 is 40.0 Å². The summed E-state index contributed by atoms with van der Waals surface area (Å²) in [5.41, 5.74) is -5.49. The molecule has 1 N–H and O–H groups in total. The molecule has 0 saturated carbocycles. The molecule has 1 aromatic heterocycles. The van der Waals surface area contributed by atoms with E-state index in [0.29, 0.717) is 10.7 Å². The summed E-state index contributed by atoms with van der Waals surface area (Å²) in [7, 11) is 0. The van der Waals surface area contributed by atoms with Gasteiger partial charge in [0.25, 0.3) is 0 Å². The highest BCUT2D eigenvalue weighted by Gasteiger charge is 2.56. The van der Waals surface area contributed by atoms with Gasteiger partial charge in [-0.2, -0.15) is 18.3 Å². The molecule has 0 aliphatic heterocycles. The minimum absolute atomic E-state index is 0.116. The van der Waals surface area contributed by atoms with Crippen molar-refractivity contribution < 1.29 is 27.1 Å². The van der Waals surface area contributed by atoms with E-state index in [1.807, 2.05) is 0 Å². The van der Waals surface area contributed by atoms with E-state index in [4.69, 9.17) is 34.8 Å². The van der Waals surface area contributed by atoms with Crippen LogP contribution in [0.1, 0.15) is 5.69 Å². The van der Waals surface area contributed by atoms with Crippen LogP contribution in [-0.2, 0) is 5.60 Å². The average Bonchev–Trinajstić information content (AvgIpc) is 2.92. The van der Waals surface area contributed by atoms with Crippen LogP contribution in [0, 0.1) is 11.6 Å². The smallest absolute Gasteiger partial charge is 0.371 e. The van der Waals surface area contributed by atoms with E-state index in [2.05, 4.69) is 11.7 Å². The fraction of sp³-hybridized carbons (Fsp3) is 0.118. The van der Waals surface area contributed by atoms with E-state index in [-0.39, 0.29) is 26.8 Å². The first-order valence-corrected chi connectivity index (χ1v) is 8.50. The highest BCUT2D eigenvalue weighted by Crippen LogP contribution is 2.44. The number of aliphatic hydroxyl groups is 1. The van der Waals surface area contributed by atoms with Crippen molar-refractivity contribution >= 4 is 45.7 Å². The van der Waals surface area contributed by atoms with Gasteiger partial charge in [0, 0.05) is 17.2 Å². The number of aromatic nitrogens is 2. The maximum Gasteiger partial charge on any atom is 0.426 e. The summed E-state index contributed by atoms with van der Waals surface area (Å²) in [6.45, 7) is 2.97. The van der Waals surface area contributed by atoms with E-state index in [9.17, 15) is 27.1 Å². The monoisotopic (exact) mass is 456 g/mol. The first-order chi connectivity index (χ1) is 12.9. The molecule has 0 spiro atoms. The van der Waals surface area contributed by atoms with Crippen LogP contribution in [0.15, 0.2) is 36.9 Å². The van der Waals surface area contributed by atoms with Crippen molar-refractivity contribution in [1.82, 2.24) is 9.78 Å². The number of rotatable bonds is 3. The van der Waals surface area contributed by atoms with Crippen molar-refractivity contribution in [2.24, 2.45) is 0 Å². The number of benzene rings is 2. The third-order valence-electron chi connectivity index (χ3n) is 3.98. The topological polar surface area (TPSA) is 38.1 Å². The van der Waals surface area contributed by atoms with Gasteiger partial charge in [-0.3, -0.25) is 0 Å².